The van der Waals surface area contributed by atoms with Gasteiger partial charge < -0.3 is 11.1 Å². The van der Waals surface area contributed by atoms with Gasteiger partial charge in [-0.1, -0.05) is 27.7 Å². The summed E-state index contributed by atoms with van der Waals surface area (Å²) in [6.07, 6.45) is 1.34. The Balaban J connectivity index is 0.00000400. The number of hydrogen-bond donors (Lipinski definition) is 2. The standard InChI is InChI=1S/C16H34N4.HI/c1-12(2)8-18-15(17)19-11-16(5,6)20-9-13(3)7-14(4)10-20;/h12-14H,7-11H2,1-6H3,(H3,17,18,19);1H. The molecule has 0 aromatic heterocycles. The lowest BCUT2D eigenvalue weighted by Gasteiger charge is -2.44. The van der Waals surface area contributed by atoms with Crippen LogP contribution in [0.2, 0.25) is 0 Å². The number of aliphatic imine (C=N–C) groups is 1. The number of nitrogens with one attached hydrogen (secondary N) is 1. The fourth-order valence-corrected chi connectivity index (χ4v) is 2.90. The van der Waals surface area contributed by atoms with Crippen molar-refractivity contribution in [3.05, 3.63) is 0 Å². The van der Waals surface area contributed by atoms with E-state index in [4.69, 9.17) is 5.73 Å². The quantitative estimate of drug-likeness (QED) is 0.416. The molecule has 1 saturated heterocycles. The van der Waals surface area contributed by atoms with Crippen LogP contribution in [-0.4, -0.2) is 42.6 Å². The molecule has 0 aromatic carbocycles. The van der Waals surface area contributed by atoms with E-state index < -0.39 is 0 Å². The zero-order valence-electron chi connectivity index (χ0n) is 14.6. The maximum absolute atomic E-state index is 5.93. The molecule has 2 unspecified atom stereocenters. The molecule has 5 heteroatoms. The molecule has 2 atom stereocenters. The average molecular weight is 410 g/mol. The van der Waals surface area contributed by atoms with Gasteiger partial charge in [-0.2, -0.15) is 0 Å². The summed E-state index contributed by atoms with van der Waals surface area (Å²) in [5.41, 5.74) is 6.01. The van der Waals surface area contributed by atoms with Gasteiger partial charge in [0.2, 0.25) is 0 Å². The lowest BCUT2D eigenvalue weighted by atomic mass is 9.88. The van der Waals surface area contributed by atoms with Crippen molar-refractivity contribution in [2.24, 2.45) is 28.5 Å². The summed E-state index contributed by atoms with van der Waals surface area (Å²) in [6.45, 7) is 17.6. The Morgan fingerprint density at radius 1 is 1.29 bits per heavy atom. The minimum atomic E-state index is 0. The van der Waals surface area contributed by atoms with E-state index in [1.54, 1.807) is 0 Å². The minimum Gasteiger partial charge on any atom is -0.370 e. The third-order valence-corrected chi connectivity index (χ3v) is 4.05. The van der Waals surface area contributed by atoms with Crippen LogP contribution in [0.25, 0.3) is 0 Å². The first kappa shape index (κ1) is 21.0. The normalized spacial score (nSPS) is 24.8. The van der Waals surface area contributed by atoms with Gasteiger partial charge in [0.05, 0.1) is 6.54 Å². The van der Waals surface area contributed by atoms with E-state index in [2.05, 4.69) is 56.8 Å². The van der Waals surface area contributed by atoms with Crippen molar-refractivity contribution in [1.29, 1.82) is 0 Å². The Morgan fingerprint density at radius 2 is 1.81 bits per heavy atom. The topological polar surface area (TPSA) is 53.6 Å². The van der Waals surface area contributed by atoms with Gasteiger partial charge >= 0.3 is 0 Å². The number of hydrogen-bond acceptors (Lipinski definition) is 2. The van der Waals surface area contributed by atoms with Crippen molar-refractivity contribution in [3.8, 4) is 0 Å². The fraction of sp³-hybridized carbons (Fsp3) is 0.938. The van der Waals surface area contributed by atoms with Crippen LogP contribution in [0.3, 0.4) is 0 Å². The van der Waals surface area contributed by atoms with Crippen molar-refractivity contribution < 1.29 is 0 Å². The lowest BCUT2D eigenvalue weighted by Crippen LogP contribution is -2.53. The Kier molecular flexibility index (Phi) is 9.16. The van der Waals surface area contributed by atoms with Gasteiger partial charge in [-0.25, -0.2) is 0 Å². The van der Waals surface area contributed by atoms with Crippen LogP contribution in [0, 0.1) is 17.8 Å². The number of piperidine rings is 1. The molecule has 0 aliphatic carbocycles. The molecule has 1 fully saturated rings. The molecule has 3 N–H and O–H groups in total. The van der Waals surface area contributed by atoms with Crippen LogP contribution in [0.4, 0.5) is 0 Å². The van der Waals surface area contributed by atoms with E-state index in [-0.39, 0.29) is 29.5 Å². The summed E-state index contributed by atoms with van der Waals surface area (Å²) < 4.78 is 0. The zero-order valence-corrected chi connectivity index (χ0v) is 17.0. The molecule has 0 saturated carbocycles. The van der Waals surface area contributed by atoms with Crippen molar-refractivity contribution >= 4 is 29.9 Å². The van der Waals surface area contributed by atoms with Gasteiger partial charge in [0.15, 0.2) is 5.96 Å². The molecule has 0 spiro atoms. The molecule has 4 nitrogen and oxygen atoms in total. The first-order chi connectivity index (χ1) is 9.20. The van der Waals surface area contributed by atoms with Crippen LogP contribution < -0.4 is 11.1 Å². The highest BCUT2D eigenvalue weighted by Gasteiger charge is 2.32. The van der Waals surface area contributed by atoms with E-state index in [9.17, 15) is 0 Å². The largest absolute Gasteiger partial charge is 0.370 e. The van der Waals surface area contributed by atoms with E-state index in [0.29, 0.717) is 11.9 Å². The highest BCUT2D eigenvalue weighted by Crippen LogP contribution is 2.27. The smallest absolute Gasteiger partial charge is 0.188 e. The summed E-state index contributed by atoms with van der Waals surface area (Å²) in [5.74, 6) is 2.71. The average Bonchev–Trinajstić information content (AvgIpc) is 2.32. The van der Waals surface area contributed by atoms with E-state index in [1.807, 2.05) is 0 Å². The second-order valence-electron chi connectivity index (χ2n) is 7.64. The van der Waals surface area contributed by atoms with Crippen molar-refractivity contribution in [2.45, 2.75) is 53.5 Å². The molecule has 1 aliphatic heterocycles. The second kappa shape index (κ2) is 9.18. The molecular weight excluding hydrogens is 375 g/mol. The fourth-order valence-electron chi connectivity index (χ4n) is 2.90. The summed E-state index contributed by atoms with van der Waals surface area (Å²) in [4.78, 5) is 7.11. The van der Waals surface area contributed by atoms with Gasteiger partial charge in [-0.05, 0) is 38.0 Å². The molecular formula is C16H35IN4. The Hall–Kier alpha value is -0.0400. The van der Waals surface area contributed by atoms with E-state index >= 15 is 0 Å². The number of nitrogens with zero attached hydrogens (tertiary/aromatic N) is 2. The third-order valence-electron chi connectivity index (χ3n) is 4.05. The van der Waals surface area contributed by atoms with Gasteiger partial charge in [0, 0.05) is 25.2 Å². The number of rotatable bonds is 5. The summed E-state index contributed by atoms with van der Waals surface area (Å²) >= 11 is 0. The van der Waals surface area contributed by atoms with E-state index in [0.717, 1.165) is 24.9 Å². The number of halogens is 1. The molecule has 0 amide bonds. The monoisotopic (exact) mass is 410 g/mol. The van der Waals surface area contributed by atoms with Crippen molar-refractivity contribution in [2.75, 3.05) is 26.2 Å². The van der Waals surface area contributed by atoms with Crippen molar-refractivity contribution in [1.82, 2.24) is 10.2 Å². The predicted molar refractivity (Wildman–Crippen MR) is 103 cm³/mol. The van der Waals surface area contributed by atoms with Crippen LogP contribution in [0.1, 0.15) is 48.0 Å². The highest BCUT2D eigenvalue weighted by atomic mass is 127. The van der Waals surface area contributed by atoms with Gasteiger partial charge in [0.25, 0.3) is 0 Å². The van der Waals surface area contributed by atoms with Gasteiger partial charge in [-0.15, -0.1) is 24.0 Å². The number of guanidine groups is 1. The second-order valence-corrected chi connectivity index (χ2v) is 7.64. The SMILES string of the molecule is CC(C)CNC(N)=NCC(C)(C)N1CC(C)CC(C)C1.I. The summed E-state index contributed by atoms with van der Waals surface area (Å²) in [7, 11) is 0. The lowest BCUT2D eigenvalue weighted by molar-refractivity contribution is 0.0513. The predicted octanol–water partition coefficient (Wildman–Crippen LogP) is 2.92. The first-order valence-electron chi connectivity index (χ1n) is 7.99. The maximum atomic E-state index is 5.93. The van der Waals surface area contributed by atoms with Gasteiger partial charge in [0.1, 0.15) is 0 Å². The van der Waals surface area contributed by atoms with E-state index in [1.165, 1.54) is 19.5 Å². The number of nitrogens with two attached hydrogens (primary N) is 1. The van der Waals surface area contributed by atoms with Crippen LogP contribution >= 0.6 is 24.0 Å². The third kappa shape index (κ3) is 7.68. The van der Waals surface area contributed by atoms with Gasteiger partial charge in [-0.3, -0.25) is 9.89 Å². The summed E-state index contributed by atoms with van der Waals surface area (Å²) in [6, 6.07) is 0. The van der Waals surface area contributed by atoms with Crippen LogP contribution in [-0.2, 0) is 0 Å². The molecule has 21 heavy (non-hydrogen) atoms. The zero-order chi connectivity index (χ0) is 15.3. The van der Waals surface area contributed by atoms with Crippen molar-refractivity contribution in [3.63, 3.8) is 0 Å². The molecule has 1 rings (SSSR count). The first-order valence-corrected chi connectivity index (χ1v) is 7.99. The molecule has 0 radical (unpaired) electrons. The minimum absolute atomic E-state index is 0. The van der Waals surface area contributed by atoms with Crippen LogP contribution in [0.15, 0.2) is 4.99 Å². The highest BCUT2D eigenvalue weighted by molar-refractivity contribution is 14.0. The Bertz CT molecular complexity index is 318. The molecule has 0 aromatic rings. The molecule has 1 heterocycles. The van der Waals surface area contributed by atoms with Crippen LogP contribution in [0.5, 0.6) is 0 Å². The molecule has 126 valence electrons. The summed E-state index contributed by atoms with van der Waals surface area (Å²) in [5, 5.41) is 3.18. The Morgan fingerprint density at radius 3 is 2.29 bits per heavy atom. The Labute approximate surface area is 148 Å². The molecule has 1 aliphatic rings. The maximum Gasteiger partial charge on any atom is 0.188 e. The molecule has 0 bridgehead atoms. The number of likely N-dealkylation sites (tertiary alicyclic amines) is 1.